The normalized spacial score (nSPS) is 11.1. The van der Waals surface area contributed by atoms with E-state index in [2.05, 4.69) is 31.2 Å². The van der Waals surface area contributed by atoms with Crippen LogP contribution in [0.3, 0.4) is 0 Å². The number of aryl methyl sites for hydroxylation is 1. The van der Waals surface area contributed by atoms with Crippen molar-refractivity contribution in [2.24, 2.45) is 0 Å². The molecule has 0 spiro atoms. The average molecular weight is 457 g/mol. The first-order valence-corrected chi connectivity index (χ1v) is 9.59. The van der Waals surface area contributed by atoms with Crippen LogP contribution in [0.5, 0.6) is 0 Å². The van der Waals surface area contributed by atoms with Gasteiger partial charge in [0.15, 0.2) is 10.2 Å². The highest BCUT2D eigenvalue weighted by Gasteiger charge is 2.15. The summed E-state index contributed by atoms with van der Waals surface area (Å²) in [5, 5.41) is 12.8. The van der Waals surface area contributed by atoms with Gasteiger partial charge in [-0.3, -0.25) is 9.59 Å². The molecule has 2 aromatic heterocycles. The van der Waals surface area contributed by atoms with Crippen LogP contribution in [0.15, 0.2) is 72.0 Å². The van der Waals surface area contributed by atoms with E-state index in [0.29, 0.717) is 31.9 Å². The summed E-state index contributed by atoms with van der Waals surface area (Å²) in [5.41, 5.74) is 0.796. The molecular formula is C19H13BrN4O3S. The Bertz CT molecular complexity index is 1150. The van der Waals surface area contributed by atoms with E-state index in [1.54, 1.807) is 37.3 Å². The summed E-state index contributed by atoms with van der Waals surface area (Å²) in [5.74, 6) is -0.232. The van der Waals surface area contributed by atoms with Crippen molar-refractivity contribution in [1.82, 2.24) is 9.97 Å². The zero-order valence-corrected chi connectivity index (χ0v) is 16.9. The Kier molecular flexibility index (Phi) is 6.13. The van der Waals surface area contributed by atoms with Gasteiger partial charge < -0.3 is 14.7 Å². The van der Waals surface area contributed by atoms with Gasteiger partial charge in [0.25, 0.3) is 11.5 Å². The molecule has 0 aliphatic rings. The van der Waals surface area contributed by atoms with Crippen molar-refractivity contribution in [3.63, 3.8) is 0 Å². The number of hydrogen-bond donors (Lipinski definition) is 2. The predicted octanol–water partition coefficient (Wildman–Crippen LogP) is 4.13. The smallest absolute Gasteiger partial charge is 0.266 e. The number of aromatic nitrogens is 2. The summed E-state index contributed by atoms with van der Waals surface area (Å²) in [7, 11) is 0. The van der Waals surface area contributed by atoms with Crippen LogP contribution in [0.4, 0.5) is 5.69 Å². The van der Waals surface area contributed by atoms with E-state index in [0.717, 1.165) is 11.8 Å². The number of para-hydroxylation sites is 1. The standard InChI is InChI=1S/C19H13BrN4O3S/c1-11-7-16(25)24-19(22-11)28-18-15(20)9-14(27-18)8-12(10-21)17(26)23-13-5-3-2-4-6-13/h2-9H,1H3,(H,23,26)(H,22,24,25)/b12-8+. The lowest BCUT2D eigenvalue weighted by molar-refractivity contribution is -0.112. The molecule has 7 nitrogen and oxygen atoms in total. The number of amides is 1. The van der Waals surface area contributed by atoms with E-state index in [-0.39, 0.29) is 11.1 Å². The molecule has 0 bridgehead atoms. The number of aromatic amines is 1. The highest BCUT2D eigenvalue weighted by molar-refractivity contribution is 9.10. The van der Waals surface area contributed by atoms with Crippen LogP contribution in [0, 0.1) is 18.3 Å². The van der Waals surface area contributed by atoms with Crippen LogP contribution in [-0.2, 0) is 4.79 Å². The maximum atomic E-state index is 12.3. The van der Waals surface area contributed by atoms with Gasteiger partial charge in [0.1, 0.15) is 17.4 Å². The van der Waals surface area contributed by atoms with E-state index in [1.165, 1.54) is 12.1 Å². The maximum absolute atomic E-state index is 12.3. The van der Waals surface area contributed by atoms with E-state index < -0.39 is 5.91 Å². The van der Waals surface area contributed by atoms with E-state index in [9.17, 15) is 14.9 Å². The number of nitrogens with one attached hydrogen (secondary N) is 2. The van der Waals surface area contributed by atoms with Crippen LogP contribution in [0.25, 0.3) is 6.08 Å². The summed E-state index contributed by atoms with van der Waals surface area (Å²) in [6.07, 6.45) is 1.35. The first-order chi connectivity index (χ1) is 13.4. The van der Waals surface area contributed by atoms with Crippen LogP contribution in [0.1, 0.15) is 11.5 Å². The molecule has 0 saturated carbocycles. The van der Waals surface area contributed by atoms with Gasteiger partial charge in [0.05, 0.1) is 4.47 Å². The lowest BCUT2D eigenvalue weighted by Crippen LogP contribution is -2.13. The molecule has 0 atom stereocenters. The Morgan fingerprint density at radius 2 is 2.11 bits per heavy atom. The molecule has 2 N–H and O–H groups in total. The minimum atomic E-state index is -0.542. The summed E-state index contributed by atoms with van der Waals surface area (Å²) in [6.45, 7) is 1.72. The number of carbonyl (C=O) groups is 1. The number of furan rings is 1. The number of nitrogens with zero attached hydrogens (tertiary/aromatic N) is 2. The third kappa shape index (κ3) is 5.00. The van der Waals surface area contributed by atoms with Gasteiger partial charge in [-0.25, -0.2) is 4.98 Å². The predicted molar refractivity (Wildman–Crippen MR) is 109 cm³/mol. The molecule has 1 aromatic carbocycles. The molecule has 1 amide bonds. The summed E-state index contributed by atoms with van der Waals surface area (Å²) >= 11 is 4.48. The van der Waals surface area contributed by atoms with Gasteiger partial charge in [-0.2, -0.15) is 5.26 Å². The van der Waals surface area contributed by atoms with Crippen molar-refractivity contribution in [3.05, 3.63) is 74.3 Å². The number of carbonyl (C=O) groups excluding carboxylic acids is 1. The largest absolute Gasteiger partial charge is 0.449 e. The van der Waals surface area contributed by atoms with Gasteiger partial charge in [0.2, 0.25) is 0 Å². The Hall–Kier alpha value is -3.09. The van der Waals surface area contributed by atoms with Gasteiger partial charge >= 0.3 is 0 Å². The molecule has 0 aliphatic heterocycles. The van der Waals surface area contributed by atoms with Gasteiger partial charge in [0, 0.05) is 23.5 Å². The van der Waals surface area contributed by atoms with Crippen LogP contribution < -0.4 is 10.9 Å². The first-order valence-electron chi connectivity index (χ1n) is 7.98. The number of nitriles is 1. The third-order valence-corrected chi connectivity index (χ3v) is 5.12. The van der Waals surface area contributed by atoms with E-state index >= 15 is 0 Å². The zero-order valence-electron chi connectivity index (χ0n) is 14.5. The molecule has 3 aromatic rings. The first kappa shape index (κ1) is 19.7. The maximum Gasteiger partial charge on any atom is 0.266 e. The second-order valence-corrected chi connectivity index (χ2v) is 7.38. The van der Waals surface area contributed by atoms with E-state index in [1.807, 2.05) is 12.1 Å². The molecule has 0 aliphatic carbocycles. The molecule has 3 rings (SSSR count). The second-order valence-electron chi connectivity index (χ2n) is 5.57. The number of rotatable bonds is 5. The summed E-state index contributed by atoms with van der Waals surface area (Å²) in [4.78, 5) is 30.7. The number of H-pyrrole nitrogens is 1. The van der Waals surface area contributed by atoms with E-state index in [4.69, 9.17) is 4.42 Å². The fourth-order valence-corrected chi connectivity index (χ4v) is 3.57. The van der Waals surface area contributed by atoms with Crippen LogP contribution >= 0.6 is 27.7 Å². The molecule has 0 unspecified atom stereocenters. The highest BCUT2D eigenvalue weighted by atomic mass is 79.9. The Balaban J connectivity index is 1.81. The van der Waals surface area contributed by atoms with Crippen molar-refractivity contribution in [2.45, 2.75) is 17.2 Å². The number of hydrogen-bond acceptors (Lipinski definition) is 6. The second kappa shape index (κ2) is 8.73. The molecule has 0 saturated heterocycles. The van der Waals surface area contributed by atoms with Crippen molar-refractivity contribution < 1.29 is 9.21 Å². The Morgan fingerprint density at radius 3 is 2.79 bits per heavy atom. The number of halogens is 1. The van der Waals surface area contributed by atoms with Crippen molar-refractivity contribution >= 4 is 45.4 Å². The topological polar surface area (TPSA) is 112 Å². The zero-order chi connectivity index (χ0) is 20.1. The van der Waals surface area contributed by atoms with Gasteiger partial charge in [-0.15, -0.1) is 0 Å². The Morgan fingerprint density at radius 1 is 1.36 bits per heavy atom. The van der Waals surface area contributed by atoms with Crippen molar-refractivity contribution in [1.29, 1.82) is 5.26 Å². The number of benzene rings is 1. The van der Waals surface area contributed by atoms with Crippen LogP contribution in [-0.4, -0.2) is 15.9 Å². The third-order valence-electron chi connectivity index (χ3n) is 3.40. The molecule has 28 heavy (non-hydrogen) atoms. The fraction of sp³-hybridized carbons (Fsp3) is 0.0526. The lowest BCUT2D eigenvalue weighted by Gasteiger charge is -2.03. The van der Waals surface area contributed by atoms with Crippen molar-refractivity contribution in [2.75, 3.05) is 5.32 Å². The molecule has 2 heterocycles. The minimum absolute atomic E-state index is 0.108. The highest BCUT2D eigenvalue weighted by Crippen LogP contribution is 2.34. The molecule has 140 valence electrons. The molecule has 9 heteroatoms. The summed E-state index contributed by atoms with van der Waals surface area (Å²) < 4.78 is 6.28. The number of anilines is 1. The molecule has 0 radical (unpaired) electrons. The molecule has 0 fully saturated rings. The van der Waals surface area contributed by atoms with Crippen molar-refractivity contribution in [3.8, 4) is 6.07 Å². The average Bonchev–Trinajstić information content (AvgIpc) is 2.98. The minimum Gasteiger partial charge on any atom is -0.449 e. The van der Waals surface area contributed by atoms with Gasteiger partial charge in [-0.05, 0) is 52.8 Å². The SMILES string of the molecule is Cc1cc(=O)[nH]c(Sc2oc(/C=C(\C#N)C(=O)Nc3ccccc3)cc2Br)n1. The summed E-state index contributed by atoms with van der Waals surface area (Å²) in [6, 6.07) is 13.7. The van der Waals surface area contributed by atoms with Gasteiger partial charge in [-0.1, -0.05) is 18.2 Å². The lowest BCUT2D eigenvalue weighted by atomic mass is 10.2. The molecular weight excluding hydrogens is 444 g/mol. The Labute approximate surface area is 172 Å². The fourth-order valence-electron chi connectivity index (χ4n) is 2.21. The quantitative estimate of drug-likeness (QED) is 0.339. The van der Waals surface area contributed by atoms with Crippen LogP contribution in [0.2, 0.25) is 0 Å². The monoisotopic (exact) mass is 456 g/mol.